The number of rotatable bonds is 3. The molecule has 2 aromatic carbocycles. The quantitative estimate of drug-likeness (QED) is 0.862. The highest BCUT2D eigenvalue weighted by Crippen LogP contribution is 2.31. The van der Waals surface area contributed by atoms with Crippen LogP contribution in [0, 0.1) is 0 Å². The molecule has 0 saturated carbocycles. The Bertz CT molecular complexity index is 904. The van der Waals surface area contributed by atoms with Crippen molar-refractivity contribution in [3.8, 4) is 0 Å². The highest BCUT2D eigenvalue weighted by atomic mass is 16.2. The molecule has 4 amide bonds. The van der Waals surface area contributed by atoms with E-state index in [9.17, 15) is 14.4 Å². The maximum Gasteiger partial charge on any atom is 0.325 e. The van der Waals surface area contributed by atoms with Crippen LogP contribution < -0.4 is 5.32 Å². The van der Waals surface area contributed by atoms with Crippen LogP contribution in [0.25, 0.3) is 10.8 Å². The Balaban J connectivity index is 1.60. The first-order valence-corrected chi connectivity index (χ1v) is 8.90. The summed E-state index contributed by atoms with van der Waals surface area (Å²) in [5.74, 6) is -0.556. The summed E-state index contributed by atoms with van der Waals surface area (Å²) in [6, 6.07) is 13.1. The van der Waals surface area contributed by atoms with Gasteiger partial charge in [-0.3, -0.25) is 14.5 Å². The van der Waals surface area contributed by atoms with Crippen molar-refractivity contribution in [2.24, 2.45) is 0 Å². The third-order valence-electron chi connectivity index (χ3n) is 5.35. The van der Waals surface area contributed by atoms with Crippen molar-refractivity contribution in [3.63, 3.8) is 0 Å². The van der Waals surface area contributed by atoms with E-state index in [-0.39, 0.29) is 18.4 Å². The Kier molecular flexibility index (Phi) is 3.90. The fraction of sp³-hybridized carbons (Fsp3) is 0.350. The number of nitrogens with one attached hydrogen (secondary N) is 1. The first-order chi connectivity index (χ1) is 12.5. The molecule has 2 saturated heterocycles. The minimum atomic E-state index is -1.16. The minimum Gasteiger partial charge on any atom is -0.341 e. The van der Waals surface area contributed by atoms with Crippen molar-refractivity contribution >= 4 is 28.6 Å². The summed E-state index contributed by atoms with van der Waals surface area (Å²) in [6.45, 7) is 2.89. The van der Waals surface area contributed by atoms with Crippen LogP contribution >= 0.6 is 0 Å². The maximum atomic E-state index is 13.0. The van der Waals surface area contributed by atoms with E-state index in [0.717, 1.165) is 28.5 Å². The van der Waals surface area contributed by atoms with Crippen molar-refractivity contribution < 1.29 is 14.4 Å². The van der Waals surface area contributed by atoms with E-state index in [0.29, 0.717) is 18.7 Å². The molecule has 6 heteroatoms. The number of carbonyl (C=O) groups is 3. The summed E-state index contributed by atoms with van der Waals surface area (Å²) in [5, 5.41) is 4.84. The van der Waals surface area contributed by atoms with Gasteiger partial charge in [0.15, 0.2) is 0 Å². The van der Waals surface area contributed by atoms with Gasteiger partial charge in [-0.05, 0) is 42.2 Å². The lowest BCUT2D eigenvalue weighted by atomic mass is 9.90. The van der Waals surface area contributed by atoms with Crippen LogP contribution in [0.4, 0.5) is 4.79 Å². The highest BCUT2D eigenvalue weighted by Gasteiger charge is 2.49. The third kappa shape index (κ3) is 2.62. The van der Waals surface area contributed by atoms with E-state index in [4.69, 9.17) is 0 Å². The smallest absolute Gasteiger partial charge is 0.325 e. The second kappa shape index (κ2) is 6.12. The van der Waals surface area contributed by atoms with Crippen LogP contribution in [0.3, 0.4) is 0 Å². The van der Waals surface area contributed by atoms with E-state index in [1.165, 1.54) is 0 Å². The molecule has 0 radical (unpaired) electrons. The van der Waals surface area contributed by atoms with Gasteiger partial charge >= 0.3 is 6.03 Å². The maximum absolute atomic E-state index is 13.0. The number of imide groups is 1. The van der Waals surface area contributed by atoms with Crippen LogP contribution in [-0.4, -0.2) is 47.3 Å². The molecular weight excluding hydrogens is 330 g/mol. The minimum absolute atomic E-state index is 0.172. The molecule has 0 spiro atoms. The molecule has 0 bridgehead atoms. The molecule has 2 heterocycles. The Morgan fingerprint density at radius 1 is 1.08 bits per heavy atom. The number of urea groups is 1. The number of hydrogen-bond acceptors (Lipinski definition) is 3. The first kappa shape index (κ1) is 16.6. The number of nitrogens with zero attached hydrogens (tertiary/aromatic N) is 2. The molecule has 0 unspecified atom stereocenters. The van der Waals surface area contributed by atoms with E-state index in [2.05, 4.69) is 5.32 Å². The van der Waals surface area contributed by atoms with Crippen LogP contribution in [0.1, 0.15) is 25.3 Å². The largest absolute Gasteiger partial charge is 0.341 e. The molecule has 2 aliphatic rings. The van der Waals surface area contributed by atoms with Gasteiger partial charge in [0.25, 0.3) is 5.91 Å². The third-order valence-corrected chi connectivity index (χ3v) is 5.35. The molecular formula is C20H21N3O3. The number of benzene rings is 2. The van der Waals surface area contributed by atoms with Gasteiger partial charge in [-0.2, -0.15) is 0 Å². The topological polar surface area (TPSA) is 69.7 Å². The lowest BCUT2D eigenvalue weighted by molar-refractivity contribution is -0.138. The van der Waals surface area contributed by atoms with Crippen molar-refractivity contribution in [3.05, 3.63) is 48.0 Å². The second-order valence-electron chi connectivity index (χ2n) is 7.10. The number of amides is 4. The van der Waals surface area contributed by atoms with Crippen LogP contribution in [0.15, 0.2) is 42.5 Å². The molecule has 0 aromatic heterocycles. The van der Waals surface area contributed by atoms with Crippen LogP contribution in [-0.2, 0) is 15.1 Å². The molecule has 2 aromatic rings. The van der Waals surface area contributed by atoms with E-state index >= 15 is 0 Å². The molecule has 4 rings (SSSR count). The predicted octanol–water partition coefficient (Wildman–Crippen LogP) is 2.23. The van der Waals surface area contributed by atoms with Crippen molar-refractivity contribution in [2.45, 2.75) is 25.3 Å². The van der Waals surface area contributed by atoms with Crippen molar-refractivity contribution in [2.75, 3.05) is 19.6 Å². The summed E-state index contributed by atoms with van der Waals surface area (Å²) in [6.07, 6.45) is 1.95. The molecule has 2 aliphatic heterocycles. The normalized spacial score (nSPS) is 23.0. The number of carbonyl (C=O) groups excluding carboxylic acids is 3. The van der Waals surface area contributed by atoms with E-state index in [1.807, 2.05) is 42.5 Å². The van der Waals surface area contributed by atoms with Gasteiger partial charge in [-0.15, -0.1) is 0 Å². The van der Waals surface area contributed by atoms with Crippen LogP contribution in [0.5, 0.6) is 0 Å². The fourth-order valence-corrected chi connectivity index (χ4v) is 3.74. The van der Waals surface area contributed by atoms with E-state index in [1.54, 1.807) is 11.8 Å². The molecule has 134 valence electrons. The molecule has 1 N–H and O–H groups in total. The van der Waals surface area contributed by atoms with Gasteiger partial charge in [0.05, 0.1) is 0 Å². The Hall–Kier alpha value is -2.89. The Morgan fingerprint density at radius 2 is 1.77 bits per heavy atom. The molecule has 1 atom stereocenters. The van der Waals surface area contributed by atoms with Gasteiger partial charge < -0.3 is 10.2 Å². The van der Waals surface area contributed by atoms with Crippen LogP contribution in [0.2, 0.25) is 0 Å². The molecule has 6 nitrogen and oxygen atoms in total. The van der Waals surface area contributed by atoms with Gasteiger partial charge in [0, 0.05) is 13.1 Å². The Morgan fingerprint density at radius 3 is 2.50 bits per heavy atom. The number of likely N-dealkylation sites (tertiary alicyclic amines) is 1. The Labute approximate surface area is 151 Å². The van der Waals surface area contributed by atoms with Crippen molar-refractivity contribution in [1.82, 2.24) is 15.1 Å². The SMILES string of the molecule is C[C@@]1(c2ccc3ccccc3c2)NC(=O)N(CC(=O)N2CCCC2)C1=O. The summed E-state index contributed by atoms with van der Waals surface area (Å²) in [7, 11) is 0. The number of fused-ring (bicyclic) bond motifs is 1. The van der Waals surface area contributed by atoms with Gasteiger partial charge in [0.2, 0.25) is 5.91 Å². The standard InChI is InChI=1S/C20H21N3O3/c1-20(16-9-8-14-6-2-3-7-15(14)12-16)18(25)23(19(26)21-20)13-17(24)22-10-4-5-11-22/h2-3,6-9,12H,4-5,10-11,13H2,1H3,(H,21,26)/t20-/m0/s1. The van der Waals surface area contributed by atoms with Gasteiger partial charge in [0.1, 0.15) is 12.1 Å². The number of hydrogen-bond donors (Lipinski definition) is 1. The summed E-state index contributed by atoms with van der Waals surface area (Å²) >= 11 is 0. The molecule has 26 heavy (non-hydrogen) atoms. The zero-order valence-corrected chi connectivity index (χ0v) is 14.7. The van der Waals surface area contributed by atoms with Crippen molar-refractivity contribution in [1.29, 1.82) is 0 Å². The fourth-order valence-electron chi connectivity index (χ4n) is 3.74. The second-order valence-corrected chi connectivity index (χ2v) is 7.10. The molecule has 2 fully saturated rings. The lowest BCUT2D eigenvalue weighted by Crippen LogP contribution is -2.43. The summed E-state index contributed by atoms with van der Waals surface area (Å²) < 4.78 is 0. The van der Waals surface area contributed by atoms with Gasteiger partial charge in [-0.25, -0.2) is 4.79 Å². The average Bonchev–Trinajstić information content (AvgIpc) is 3.25. The van der Waals surface area contributed by atoms with E-state index < -0.39 is 11.6 Å². The monoisotopic (exact) mass is 351 g/mol. The first-order valence-electron chi connectivity index (χ1n) is 8.90. The van der Waals surface area contributed by atoms with Gasteiger partial charge in [-0.1, -0.05) is 36.4 Å². The predicted molar refractivity (Wildman–Crippen MR) is 97.4 cm³/mol. The zero-order chi connectivity index (χ0) is 18.3. The zero-order valence-electron chi connectivity index (χ0n) is 14.7. The summed E-state index contributed by atoms with van der Waals surface area (Å²) in [4.78, 5) is 40.5. The average molecular weight is 351 g/mol. The lowest BCUT2D eigenvalue weighted by Gasteiger charge is -2.23. The highest BCUT2D eigenvalue weighted by molar-refractivity contribution is 6.09. The summed E-state index contributed by atoms with van der Waals surface area (Å²) in [5.41, 5.74) is -0.447. The molecule has 0 aliphatic carbocycles.